The first kappa shape index (κ1) is 15.0. The maximum atomic E-state index is 11.8. The summed E-state index contributed by atoms with van der Waals surface area (Å²) in [5.74, 6) is -0.640. The van der Waals surface area contributed by atoms with Crippen LogP contribution in [0.4, 0.5) is 0 Å². The fourth-order valence-electron chi connectivity index (χ4n) is 1.95. The summed E-state index contributed by atoms with van der Waals surface area (Å²) in [4.78, 5) is 11.8. The molecule has 1 aliphatic rings. The van der Waals surface area contributed by atoms with Crippen molar-refractivity contribution in [2.45, 2.75) is 23.2 Å². The maximum Gasteiger partial charge on any atom is 0.338 e. The van der Waals surface area contributed by atoms with Gasteiger partial charge in [0.25, 0.3) is 0 Å². The number of ether oxygens (including phenoxy) is 1. The molecule has 0 bridgehead atoms. The Kier molecular flexibility index (Phi) is 4.45. The topological polar surface area (TPSA) is 87.0 Å². The van der Waals surface area contributed by atoms with E-state index in [1.165, 1.54) is 12.2 Å². The summed E-state index contributed by atoms with van der Waals surface area (Å²) < 4.78 is 4.98. The van der Waals surface area contributed by atoms with Crippen molar-refractivity contribution in [1.29, 1.82) is 0 Å². The lowest BCUT2D eigenvalue weighted by molar-refractivity contribution is -0.138. The Balaban J connectivity index is 2.06. The van der Waals surface area contributed by atoms with Gasteiger partial charge in [-0.3, -0.25) is 0 Å². The van der Waals surface area contributed by atoms with E-state index in [0.29, 0.717) is 5.56 Å². The molecule has 1 aromatic rings. The molecule has 0 heterocycles. The zero-order chi connectivity index (χ0) is 14.8. The van der Waals surface area contributed by atoms with Gasteiger partial charge in [0.2, 0.25) is 0 Å². The summed E-state index contributed by atoms with van der Waals surface area (Å²) in [5.41, 5.74) is -1.61. The van der Waals surface area contributed by atoms with Gasteiger partial charge in [-0.25, -0.2) is 4.79 Å². The average Bonchev–Trinajstić information content (AvgIpc) is 2.48. The molecule has 0 spiro atoms. The van der Waals surface area contributed by atoms with Crippen LogP contribution in [0.5, 0.6) is 0 Å². The second kappa shape index (κ2) is 5.93. The van der Waals surface area contributed by atoms with Crippen LogP contribution in [0.1, 0.15) is 10.4 Å². The molecule has 1 aliphatic carbocycles. The zero-order valence-corrected chi connectivity index (χ0v) is 11.3. The molecular formula is C14H15ClO5. The minimum Gasteiger partial charge on any atom is -0.459 e. The van der Waals surface area contributed by atoms with E-state index in [-0.39, 0.29) is 0 Å². The van der Waals surface area contributed by atoms with E-state index in [9.17, 15) is 20.1 Å². The quantitative estimate of drug-likeness (QED) is 0.429. The lowest BCUT2D eigenvalue weighted by Crippen LogP contribution is -2.59. The van der Waals surface area contributed by atoms with Crippen LogP contribution in [0.3, 0.4) is 0 Å². The molecule has 5 nitrogen and oxygen atoms in total. The number of aliphatic hydroxyl groups excluding tert-OH is 2. The largest absolute Gasteiger partial charge is 0.459 e. The molecule has 0 unspecified atom stereocenters. The van der Waals surface area contributed by atoms with Gasteiger partial charge >= 0.3 is 5.97 Å². The van der Waals surface area contributed by atoms with Crippen molar-refractivity contribution in [1.82, 2.24) is 0 Å². The fraction of sp³-hybridized carbons (Fsp3) is 0.357. The fourth-order valence-corrected chi connectivity index (χ4v) is 2.22. The Bertz CT molecular complexity index is 504. The first-order valence-electron chi connectivity index (χ1n) is 6.08. The van der Waals surface area contributed by atoms with Crippen LogP contribution in [0.2, 0.25) is 0 Å². The summed E-state index contributed by atoms with van der Waals surface area (Å²) >= 11 is 5.91. The molecule has 1 aromatic carbocycles. The van der Waals surface area contributed by atoms with Crippen LogP contribution in [0, 0.1) is 0 Å². The van der Waals surface area contributed by atoms with E-state index in [2.05, 4.69) is 0 Å². The summed E-state index contributed by atoms with van der Waals surface area (Å²) in [6.07, 6.45) is -0.144. The Morgan fingerprint density at radius 3 is 2.55 bits per heavy atom. The van der Waals surface area contributed by atoms with E-state index in [1.54, 1.807) is 30.3 Å². The number of esters is 1. The number of hydrogen-bond donors (Lipinski definition) is 3. The maximum absolute atomic E-state index is 11.8. The SMILES string of the molecule is O=C(OC[C@]1(O)[C@H](Cl)C=C[C@H](O)[C@H]1O)c1ccccc1. The highest BCUT2D eigenvalue weighted by molar-refractivity contribution is 6.22. The van der Waals surface area contributed by atoms with Gasteiger partial charge in [-0.2, -0.15) is 0 Å². The summed E-state index contributed by atoms with van der Waals surface area (Å²) in [5, 5.41) is 28.7. The number of benzene rings is 1. The second-order valence-corrected chi connectivity index (χ2v) is 5.13. The van der Waals surface area contributed by atoms with E-state index >= 15 is 0 Å². The Morgan fingerprint density at radius 2 is 1.90 bits per heavy atom. The molecule has 0 aromatic heterocycles. The molecular weight excluding hydrogens is 284 g/mol. The Hall–Kier alpha value is -1.40. The van der Waals surface area contributed by atoms with Crippen molar-refractivity contribution in [2.24, 2.45) is 0 Å². The number of rotatable bonds is 3. The van der Waals surface area contributed by atoms with Crippen LogP contribution in [0.25, 0.3) is 0 Å². The van der Waals surface area contributed by atoms with Gasteiger partial charge < -0.3 is 20.1 Å². The van der Waals surface area contributed by atoms with E-state index in [1.807, 2.05) is 0 Å². The van der Waals surface area contributed by atoms with Crippen molar-refractivity contribution < 1.29 is 24.9 Å². The van der Waals surface area contributed by atoms with Crippen molar-refractivity contribution in [3.63, 3.8) is 0 Å². The first-order chi connectivity index (χ1) is 9.45. The highest BCUT2D eigenvalue weighted by atomic mass is 35.5. The highest BCUT2D eigenvalue weighted by Gasteiger charge is 2.48. The summed E-state index contributed by atoms with van der Waals surface area (Å²) in [7, 11) is 0. The molecule has 2 rings (SSSR count). The van der Waals surface area contributed by atoms with Crippen LogP contribution >= 0.6 is 11.6 Å². The standard InChI is InChI=1S/C14H15ClO5/c15-11-7-6-10(16)12(17)14(11,19)8-20-13(18)9-4-2-1-3-5-9/h1-7,10-12,16-17,19H,8H2/t10-,11+,12+,14-/m0/s1. The van der Waals surface area contributed by atoms with Crippen LogP contribution in [-0.2, 0) is 4.74 Å². The van der Waals surface area contributed by atoms with Crippen LogP contribution in [-0.4, -0.2) is 51.1 Å². The monoisotopic (exact) mass is 298 g/mol. The van der Waals surface area contributed by atoms with Gasteiger partial charge in [-0.05, 0) is 12.1 Å². The predicted molar refractivity (Wildman–Crippen MR) is 72.5 cm³/mol. The molecule has 0 saturated carbocycles. The number of carbonyl (C=O) groups excluding carboxylic acids is 1. The lowest BCUT2D eigenvalue weighted by atomic mass is 9.85. The molecule has 20 heavy (non-hydrogen) atoms. The van der Waals surface area contributed by atoms with Gasteiger partial charge in [0.05, 0.1) is 10.9 Å². The molecule has 0 saturated heterocycles. The predicted octanol–water partition coefficient (Wildman–Crippen LogP) is 0.473. The number of alkyl halides is 1. The second-order valence-electron chi connectivity index (χ2n) is 4.66. The third-order valence-electron chi connectivity index (χ3n) is 3.23. The molecule has 6 heteroatoms. The molecule has 0 aliphatic heterocycles. The van der Waals surface area contributed by atoms with Crippen molar-refractivity contribution in [3.8, 4) is 0 Å². The molecule has 0 radical (unpaired) electrons. The van der Waals surface area contributed by atoms with Gasteiger partial charge in [0.1, 0.15) is 24.4 Å². The van der Waals surface area contributed by atoms with E-state index < -0.39 is 35.8 Å². The summed E-state index contributed by atoms with van der Waals surface area (Å²) in [6, 6.07) is 8.24. The third kappa shape index (κ3) is 2.86. The molecule has 0 fully saturated rings. The molecule has 3 N–H and O–H groups in total. The lowest BCUT2D eigenvalue weighted by Gasteiger charge is -2.39. The van der Waals surface area contributed by atoms with Gasteiger partial charge in [0.15, 0.2) is 0 Å². The minimum atomic E-state index is -1.93. The third-order valence-corrected chi connectivity index (χ3v) is 3.76. The van der Waals surface area contributed by atoms with E-state index in [0.717, 1.165) is 0 Å². The van der Waals surface area contributed by atoms with Gasteiger partial charge in [0, 0.05) is 0 Å². The van der Waals surface area contributed by atoms with Crippen molar-refractivity contribution in [2.75, 3.05) is 6.61 Å². The minimum absolute atomic E-state index is 0.323. The first-order valence-corrected chi connectivity index (χ1v) is 6.52. The van der Waals surface area contributed by atoms with Crippen LogP contribution < -0.4 is 0 Å². The van der Waals surface area contributed by atoms with Crippen LogP contribution in [0.15, 0.2) is 42.5 Å². The van der Waals surface area contributed by atoms with Gasteiger partial charge in [-0.15, -0.1) is 11.6 Å². The number of aliphatic hydroxyl groups is 3. The normalized spacial score (nSPS) is 32.9. The Morgan fingerprint density at radius 1 is 1.25 bits per heavy atom. The van der Waals surface area contributed by atoms with Crippen molar-refractivity contribution >= 4 is 17.6 Å². The van der Waals surface area contributed by atoms with E-state index in [4.69, 9.17) is 16.3 Å². The molecule has 4 atom stereocenters. The highest BCUT2D eigenvalue weighted by Crippen LogP contribution is 2.29. The van der Waals surface area contributed by atoms with Crippen molar-refractivity contribution in [3.05, 3.63) is 48.0 Å². The molecule has 108 valence electrons. The Labute approximate surface area is 121 Å². The number of hydrogen-bond acceptors (Lipinski definition) is 5. The average molecular weight is 299 g/mol. The number of halogens is 1. The zero-order valence-electron chi connectivity index (χ0n) is 10.5. The smallest absolute Gasteiger partial charge is 0.338 e. The van der Waals surface area contributed by atoms with Gasteiger partial charge in [-0.1, -0.05) is 30.4 Å². The molecule has 0 amide bonds. The summed E-state index contributed by atoms with van der Waals surface area (Å²) in [6.45, 7) is -0.516. The number of carbonyl (C=O) groups is 1.